The second kappa shape index (κ2) is 13.7. The van der Waals surface area contributed by atoms with Gasteiger partial charge in [0.05, 0.1) is 29.7 Å². The van der Waals surface area contributed by atoms with Gasteiger partial charge in [-0.05, 0) is 42.0 Å². The molecule has 2 saturated heterocycles. The van der Waals surface area contributed by atoms with Crippen molar-refractivity contribution in [2.45, 2.75) is 31.5 Å². The summed E-state index contributed by atoms with van der Waals surface area (Å²) in [6.45, 7) is 7.08. The van der Waals surface area contributed by atoms with E-state index in [4.69, 9.17) is 10.5 Å². The number of carbonyl (C=O) groups is 2. The second-order valence-corrected chi connectivity index (χ2v) is 10.4. The number of nitrogens with one attached hydrogen (secondary N) is 1. The molecule has 0 aliphatic carbocycles. The Kier molecular flexibility index (Phi) is 10.0. The van der Waals surface area contributed by atoms with Crippen LogP contribution in [0.3, 0.4) is 0 Å². The molecule has 2 amide bonds. The van der Waals surface area contributed by atoms with Crippen molar-refractivity contribution in [3.05, 3.63) is 57.8 Å². The van der Waals surface area contributed by atoms with E-state index in [1.54, 1.807) is 4.90 Å². The molecule has 0 bridgehead atoms. The van der Waals surface area contributed by atoms with Gasteiger partial charge in [-0.25, -0.2) is 0 Å². The summed E-state index contributed by atoms with van der Waals surface area (Å²) in [5.74, 6) is -0.236. The van der Waals surface area contributed by atoms with Crippen LogP contribution in [-0.4, -0.2) is 97.6 Å². The Morgan fingerprint density at radius 3 is 2.65 bits per heavy atom. The van der Waals surface area contributed by atoms with Crippen molar-refractivity contribution in [2.75, 3.05) is 59.0 Å². The van der Waals surface area contributed by atoms with Crippen LogP contribution in [0.2, 0.25) is 0 Å². The number of benzene rings is 1. The van der Waals surface area contributed by atoms with Crippen molar-refractivity contribution >= 4 is 23.2 Å². The summed E-state index contributed by atoms with van der Waals surface area (Å²) in [5.41, 5.74) is 7.40. The monoisotopic (exact) mass is 524 g/mol. The van der Waals surface area contributed by atoms with Gasteiger partial charge in [-0.1, -0.05) is 18.2 Å². The molecule has 0 spiro atoms. The maximum atomic E-state index is 13.3. The minimum Gasteiger partial charge on any atom is -0.379 e. The standard InChI is InChI=1S/C27H36N6O3S/c28-8-9-30-26(34)24-18-23(7-10-33(24)27(35)25-2-1-17-37-25)32(12-11-31-13-15-36-16-14-31)20-22-5-3-21(19-29)4-6-22/h1-6,17,23-24H,7-16,18,20,28H2,(H,30,34)/t23?,24-/m1/s1. The van der Waals surface area contributed by atoms with Crippen LogP contribution in [0, 0.1) is 11.3 Å². The average molecular weight is 525 g/mol. The number of nitriles is 1. The molecule has 198 valence electrons. The highest BCUT2D eigenvalue weighted by Crippen LogP contribution is 2.27. The van der Waals surface area contributed by atoms with Gasteiger partial charge in [0.1, 0.15) is 6.04 Å². The molecule has 10 heteroatoms. The first kappa shape index (κ1) is 27.2. The second-order valence-electron chi connectivity index (χ2n) is 9.48. The van der Waals surface area contributed by atoms with Gasteiger partial charge in [0.2, 0.25) is 5.91 Å². The zero-order valence-electron chi connectivity index (χ0n) is 21.2. The molecular formula is C27H36N6O3S. The van der Waals surface area contributed by atoms with E-state index >= 15 is 0 Å². The first-order valence-corrected chi connectivity index (χ1v) is 13.8. The smallest absolute Gasteiger partial charge is 0.264 e. The number of nitrogens with zero attached hydrogens (tertiary/aromatic N) is 4. The predicted octanol–water partition coefficient (Wildman–Crippen LogP) is 1.50. The molecule has 3 heterocycles. The van der Waals surface area contributed by atoms with Crippen LogP contribution >= 0.6 is 11.3 Å². The Morgan fingerprint density at radius 2 is 1.97 bits per heavy atom. The van der Waals surface area contributed by atoms with Crippen molar-refractivity contribution in [2.24, 2.45) is 5.73 Å². The fourth-order valence-corrected chi connectivity index (χ4v) is 5.71. The number of ether oxygens (including phenoxy) is 1. The summed E-state index contributed by atoms with van der Waals surface area (Å²) in [5, 5.41) is 14.0. The van der Waals surface area contributed by atoms with Crippen LogP contribution in [0.5, 0.6) is 0 Å². The lowest BCUT2D eigenvalue weighted by Crippen LogP contribution is -2.58. The van der Waals surface area contributed by atoms with Crippen molar-refractivity contribution in [3.63, 3.8) is 0 Å². The van der Waals surface area contributed by atoms with E-state index in [0.717, 1.165) is 57.9 Å². The van der Waals surface area contributed by atoms with E-state index in [0.29, 0.717) is 36.5 Å². The number of thiophene rings is 1. The van der Waals surface area contributed by atoms with Gasteiger partial charge in [-0.15, -0.1) is 11.3 Å². The zero-order chi connectivity index (χ0) is 26.0. The molecule has 3 N–H and O–H groups in total. The fourth-order valence-electron chi connectivity index (χ4n) is 5.03. The van der Waals surface area contributed by atoms with Crippen molar-refractivity contribution in [1.29, 1.82) is 5.26 Å². The summed E-state index contributed by atoms with van der Waals surface area (Å²) >= 11 is 1.40. The first-order chi connectivity index (χ1) is 18.1. The third-order valence-electron chi connectivity index (χ3n) is 7.11. The SMILES string of the molecule is N#Cc1ccc(CN(CCN2CCOCC2)C2CCN(C(=O)c3cccs3)[C@@H](C(=O)NCCN)C2)cc1. The summed E-state index contributed by atoms with van der Waals surface area (Å²) in [6, 6.07) is 13.1. The highest BCUT2D eigenvalue weighted by Gasteiger charge is 2.38. The van der Waals surface area contributed by atoms with Crippen molar-refractivity contribution in [1.82, 2.24) is 20.0 Å². The molecule has 4 rings (SSSR count). The van der Waals surface area contributed by atoms with Gasteiger partial charge in [0.15, 0.2) is 0 Å². The molecule has 0 radical (unpaired) electrons. The number of rotatable bonds is 10. The number of nitrogens with two attached hydrogens (primary N) is 1. The van der Waals surface area contributed by atoms with E-state index in [1.807, 2.05) is 41.8 Å². The first-order valence-electron chi connectivity index (χ1n) is 12.9. The topological polar surface area (TPSA) is 115 Å². The number of hydrogen-bond donors (Lipinski definition) is 2. The van der Waals surface area contributed by atoms with E-state index in [1.165, 1.54) is 11.3 Å². The number of amides is 2. The van der Waals surface area contributed by atoms with Crippen LogP contribution in [-0.2, 0) is 16.1 Å². The summed E-state index contributed by atoms with van der Waals surface area (Å²) in [7, 11) is 0. The maximum absolute atomic E-state index is 13.3. The summed E-state index contributed by atoms with van der Waals surface area (Å²) in [4.78, 5) is 33.7. The third kappa shape index (κ3) is 7.37. The van der Waals surface area contributed by atoms with Crippen LogP contribution in [0.4, 0.5) is 0 Å². The molecule has 37 heavy (non-hydrogen) atoms. The molecule has 9 nitrogen and oxygen atoms in total. The lowest BCUT2D eigenvalue weighted by molar-refractivity contribution is -0.127. The molecule has 1 aromatic heterocycles. The van der Waals surface area contributed by atoms with Gasteiger partial charge < -0.3 is 20.7 Å². The van der Waals surface area contributed by atoms with Crippen LogP contribution in [0.15, 0.2) is 41.8 Å². The minimum atomic E-state index is -0.549. The number of hydrogen-bond acceptors (Lipinski definition) is 8. The lowest BCUT2D eigenvalue weighted by atomic mass is 9.94. The van der Waals surface area contributed by atoms with E-state index in [2.05, 4.69) is 21.2 Å². The normalized spacial score (nSPS) is 20.5. The van der Waals surface area contributed by atoms with Crippen LogP contribution in [0.1, 0.15) is 33.6 Å². The predicted molar refractivity (Wildman–Crippen MR) is 143 cm³/mol. The molecule has 1 unspecified atom stereocenters. The zero-order valence-corrected chi connectivity index (χ0v) is 22.0. The third-order valence-corrected chi connectivity index (χ3v) is 7.96. The van der Waals surface area contributed by atoms with Gasteiger partial charge in [0.25, 0.3) is 5.91 Å². The van der Waals surface area contributed by atoms with Gasteiger partial charge in [-0.3, -0.25) is 19.4 Å². The lowest BCUT2D eigenvalue weighted by Gasteiger charge is -2.43. The highest BCUT2D eigenvalue weighted by atomic mass is 32.1. The van der Waals surface area contributed by atoms with Crippen molar-refractivity contribution < 1.29 is 14.3 Å². The maximum Gasteiger partial charge on any atom is 0.264 e. The Hall–Kier alpha value is -2.81. The van der Waals surface area contributed by atoms with Crippen molar-refractivity contribution in [3.8, 4) is 6.07 Å². The summed E-state index contributed by atoms with van der Waals surface area (Å²) in [6.07, 6.45) is 1.35. The van der Waals surface area contributed by atoms with E-state index in [9.17, 15) is 14.9 Å². The quantitative estimate of drug-likeness (QED) is 0.484. The molecule has 0 saturated carbocycles. The summed E-state index contributed by atoms with van der Waals surface area (Å²) < 4.78 is 5.51. The van der Waals surface area contributed by atoms with E-state index < -0.39 is 6.04 Å². The Balaban J connectivity index is 1.52. The van der Waals surface area contributed by atoms with Gasteiger partial charge in [-0.2, -0.15) is 5.26 Å². The molecule has 2 aliphatic heterocycles. The molecule has 2 fully saturated rings. The Labute approximate surface area is 222 Å². The van der Waals surface area contributed by atoms with Gasteiger partial charge >= 0.3 is 0 Å². The number of morpholine rings is 1. The number of likely N-dealkylation sites (tertiary alicyclic amines) is 1. The molecule has 2 aromatic rings. The minimum absolute atomic E-state index is 0.0895. The van der Waals surface area contributed by atoms with E-state index in [-0.39, 0.29) is 17.9 Å². The molecule has 2 atom stereocenters. The van der Waals surface area contributed by atoms with Crippen LogP contribution < -0.4 is 11.1 Å². The molecule has 2 aliphatic rings. The van der Waals surface area contributed by atoms with Gasteiger partial charge in [0, 0.05) is 58.4 Å². The highest BCUT2D eigenvalue weighted by molar-refractivity contribution is 7.12. The molecule has 1 aromatic carbocycles. The number of carbonyl (C=O) groups excluding carboxylic acids is 2. The fraction of sp³-hybridized carbons (Fsp3) is 0.519. The number of piperidine rings is 1. The Bertz CT molecular complexity index is 1050. The molecular weight excluding hydrogens is 488 g/mol. The Morgan fingerprint density at radius 1 is 1.19 bits per heavy atom. The largest absolute Gasteiger partial charge is 0.379 e. The van der Waals surface area contributed by atoms with Crippen LogP contribution in [0.25, 0.3) is 0 Å². The average Bonchev–Trinajstić information content (AvgIpc) is 3.49.